The van der Waals surface area contributed by atoms with Gasteiger partial charge in [0.05, 0.1) is 0 Å². The Morgan fingerprint density at radius 3 is 2.42 bits per heavy atom. The SMILES string of the molecule is O=C(NCc1cc(Br)ccc1F)Nc1ccc(SC(F)(F)F)cc1. The highest BCUT2D eigenvalue weighted by atomic mass is 79.9. The van der Waals surface area contributed by atoms with Gasteiger partial charge in [-0.15, -0.1) is 0 Å². The first-order valence-electron chi connectivity index (χ1n) is 6.57. The van der Waals surface area contributed by atoms with Crippen molar-refractivity contribution in [2.45, 2.75) is 16.9 Å². The fourth-order valence-corrected chi connectivity index (χ4v) is 2.72. The van der Waals surface area contributed by atoms with Crippen molar-refractivity contribution >= 4 is 39.4 Å². The van der Waals surface area contributed by atoms with Crippen molar-refractivity contribution in [1.82, 2.24) is 5.32 Å². The smallest absolute Gasteiger partial charge is 0.334 e. The van der Waals surface area contributed by atoms with Gasteiger partial charge in [-0.05, 0) is 54.2 Å². The molecule has 24 heavy (non-hydrogen) atoms. The number of thioether (sulfide) groups is 1. The van der Waals surface area contributed by atoms with Gasteiger partial charge in [0.15, 0.2) is 0 Å². The number of anilines is 1. The first kappa shape index (κ1) is 18.6. The summed E-state index contributed by atoms with van der Waals surface area (Å²) in [5, 5.41) is 4.93. The molecular weight excluding hydrogens is 412 g/mol. The first-order valence-corrected chi connectivity index (χ1v) is 8.18. The zero-order valence-electron chi connectivity index (χ0n) is 12.0. The number of nitrogens with one attached hydrogen (secondary N) is 2. The Morgan fingerprint density at radius 1 is 1.12 bits per heavy atom. The first-order chi connectivity index (χ1) is 11.2. The molecule has 0 fully saturated rings. The lowest BCUT2D eigenvalue weighted by Crippen LogP contribution is -2.28. The number of urea groups is 1. The van der Waals surface area contributed by atoms with E-state index < -0.39 is 17.4 Å². The second-order valence-electron chi connectivity index (χ2n) is 4.62. The Morgan fingerprint density at radius 2 is 1.79 bits per heavy atom. The normalized spacial score (nSPS) is 11.2. The molecule has 2 rings (SSSR count). The number of hydrogen-bond acceptors (Lipinski definition) is 2. The van der Waals surface area contributed by atoms with Crippen molar-refractivity contribution in [2.24, 2.45) is 0 Å². The van der Waals surface area contributed by atoms with Crippen LogP contribution in [0.5, 0.6) is 0 Å². The van der Waals surface area contributed by atoms with Crippen LogP contribution in [0.15, 0.2) is 51.8 Å². The lowest BCUT2D eigenvalue weighted by atomic mass is 10.2. The number of amides is 2. The Hall–Kier alpha value is -1.74. The number of alkyl halides is 3. The van der Waals surface area contributed by atoms with Crippen LogP contribution in [0, 0.1) is 5.82 Å². The summed E-state index contributed by atoms with van der Waals surface area (Å²) in [6, 6.07) is 8.98. The van der Waals surface area contributed by atoms with Crippen molar-refractivity contribution in [3.8, 4) is 0 Å². The van der Waals surface area contributed by atoms with Crippen molar-refractivity contribution in [1.29, 1.82) is 0 Å². The summed E-state index contributed by atoms with van der Waals surface area (Å²) >= 11 is 2.97. The van der Waals surface area contributed by atoms with Crippen molar-refractivity contribution in [2.75, 3.05) is 5.32 Å². The molecule has 0 saturated heterocycles. The number of carbonyl (C=O) groups is 1. The Bertz CT molecular complexity index is 722. The molecule has 0 atom stereocenters. The Balaban J connectivity index is 1.89. The third kappa shape index (κ3) is 6.04. The predicted molar refractivity (Wildman–Crippen MR) is 88.3 cm³/mol. The van der Waals surface area contributed by atoms with Crippen LogP contribution in [0.3, 0.4) is 0 Å². The van der Waals surface area contributed by atoms with Gasteiger partial charge in [-0.25, -0.2) is 9.18 Å². The number of carbonyl (C=O) groups excluding carboxylic acids is 1. The Kier molecular flexibility index (Phi) is 6.11. The molecule has 0 spiro atoms. The van der Waals surface area contributed by atoms with Crippen LogP contribution >= 0.6 is 27.7 Å². The number of hydrogen-bond donors (Lipinski definition) is 2. The monoisotopic (exact) mass is 422 g/mol. The molecule has 0 radical (unpaired) electrons. The third-order valence-electron chi connectivity index (χ3n) is 2.79. The molecule has 0 aliphatic carbocycles. The molecule has 2 aromatic rings. The predicted octanol–water partition coefficient (Wildman–Crippen LogP) is 5.52. The molecular formula is C15H11BrF4N2OS. The number of rotatable bonds is 4. The topological polar surface area (TPSA) is 41.1 Å². The molecule has 0 bridgehead atoms. The van der Waals surface area contributed by atoms with Crippen LogP contribution in [-0.2, 0) is 6.54 Å². The summed E-state index contributed by atoms with van der Waals surface area (Å²) in [5.74, 6) is -0.452. The van der Waals surface area contributed by atoms with E-state index in [1.54, 1.807) is 12.1 Å². The van der Waals surface area contributed by atoms with Crippen LogP contribution in [0.25, 0.3) is 0 Å². The fraction of sp³-hybridized carbons (Fsp3) is 0.133. The maximum absolute atomic E-state index is 13.5. The van der Waals surface area contributed by atoms with E-state index in [-0.39, 0.29) is 23.2 Å². The van der Waals surface area contributed by atoms with Crippen molar-refractivity contribution in [3.63, 3.8) is 0 Å². The van der Waals surface area contributed by atoms with E-state index in [1.165, 1.54) is 30.3 Å². The summed E-state index contributed by atoms with van der Waals surface area (Å²) in [5.41, 5.74) is -3.73. The molecule has 9 heteroatoms. The maximum Gasteiger partial charge on any atom is 0.446 e. The molecule has 128 valence electrons. The van der Waals surface area contributed by atoms with Gasteiger partial charge in [0.1, 0.15) is 5.82 Å². The van der Waals surface area contributed by atoms with Gasteiger partial charge in [0, 0.05) is 27.2 Å². The summed E-state index contributed by atoms with van der Waals surface area (Å²) < 4.78 is 50.9. The minimum atomic E-state index is -4.36. The van der Waals surface area contributed by atoms with Gasteiger partial charge in [0.2, 0.25) is 0 Å². The zero-order chi connectivity index (χ0) is 17.7. The van der Waals surface area contributed by atoms with Gasteiger partial charge < -0.3 is 10.6 Å². The van der Waals surface area contributed by atoms with Gasteiger partial charge in [-0.1, -0.05) is 15.9 Å². The molecule has 0 heterocycles. The number of halogens is 5. The van der Waals surface area contributed by atoms with Gasteiger partial charge in [-0.2, -0.15) is 13.2 Å². The maximum atomic E-state index is 13.5. The Labute approximate surface area is 147 Å². The van der Waals surface area contributed by atoms with Gasteiger partial charge >= 0.3 is 11.5 Å². The summed E-state index contributed by atoms with van der Waals surface area (Å²) in [7, 11) is 0. The van der Waals surface area contributed by atoms with E-state index in [0.29, 0.717) is 15.7 Å². The van der Waals surface area contributed by atoms with E-state index in [1.807, 2.05) is 0 Å². The fourth-order valence-electron chi connectivity index (χ4n) is 1.77. The number of benzene rings is 2. The average Bonchev–Trinajstić information content (AvgIpc) is 2.49. The quantitative estimate of drug-likeness (QED) is 0.502. The highest BCUT2D eigenvalue weighted by Crippen LogP contribution is 2.37. The molecule has 2 N–H and O–H groups in total. The standard InChI is InChI=1S/C15H11BrF4N2OS/c16-10-1-6-13(17)9(7-10)8-21-14(23)22-11-2-4-12(5-3-11)24-15(18,19)20/h1-7H,8H2,(H2,21,22,23). The highest BCUT2D eigenvalue weighted by Gasteiger charge is 2.29. The molecule has 0 saturated carbocycles. The van der Waals surface area contributed by atoms with Crippen molar-refractivity contribution < 1.29 is 22.4 Å². The second-order valence-corrected chi connectivity index (χ2v) is 6.67. The van der Waals surface area contributed by atoms with Crippen molar-refractivity contribution in [3.05, 3.63) is 58.3 Å². The summed E-state index contributed by atoms with van der Waals surface area (Å²) in [6.45, 7) is -0.0287. The van der Waals surface area contributed by atoms with E-state index >= 15 is 0 Å². The van der Waals surface area contributed by atoms with E-state index in [9.17, 15) is 22.4 Å². The zero-order valence-corrected chi connectivity index (χ0v) is 14.4. The molecule has 0 aliphatic rings. The molecule has 0 aliphatic heterocycles. The van der Waals surface area contributed by atoms with Gasteiger partial charge in [0.25, 0.3) is 0 Å². The van der Waals surface area contributed by atoms with Crippen LogP contribution in [-0.4, -0.2) is 11.5 Å². The summed E-state index contributed by atoms with van der Waals surface area (Å²) in [4.78, 5) is 11.8. The lowest BCUT2D eigenvalue weighted by molar-refractivity contribution is -0.0328. The van der Waals surface area contributed by atoms with Crippen LogP contribution in [0.1, 0.15) is 5.56 Å². The molecule has 3 nitrogen and oxygen atoms in total. The largest absolute Gasteiger partial charge is 0.446 e. The van der Waals surface area contributed by atoms with E-state index in [4.69, 9.17) is 0 Å². The van der Waals surface area contributed by atoms with Crippen LogP contribution in [0.2, 0.25) is 0 Å². The highest BCUT2D eigenvalue weighted by molar-refractivity contribution is 9.10. The molecule has 2 amide bonds. The lowest BCUT2D eigenvalue weighted by Gasteiger charge is -2.10. The van der Waals surface area contributed by atoms with Crippen LogP contribution < -0.4 is 10.6 Å². The molecule has 2 aromatic carbocycles. The summed E-state index contributed by atoms with van der Waals surface area (Å²) in [6.07, 6.45) is 0. The molecule has 0 unspecified atom stereocenters. The minimum Gasteiger partial charge on any atom is -0.334 e. The third-order valence-corrected chi connectivity index (χ3v) is 4.03. The van der Waals surface area contributed by atoms with E-state index in [2.05, 4.69) is 26.6 Å². The van der Waals surface area contributed by atoms with E-state index in [0.717, 1.165) is 0 Å². The van der Waals surface area contributed by atoms with Gasteiger partial charge in [-0.3, -0.25) is 0 Å². The average molecular weight is 423 g/mol. The molecule has 0 aromatic heterocycles. The second kappa shape index (κ2) is 7.89. The van der Waals surface area contributed by atoms with Crippen LogP contribution in [0.4, 0.5) is 28.0 Å². The minimum absolute atomic E-state index is 0.0182.